The van der Waals surface area contributed by atoms with Crippen molar-refractivity contribution in [3.05, 3.63) is 69.4 Å². The first-order chi connectivity index (χ1) is 10.1. The van der Waals surface area contributed by atoms with E-state index in [1.807, 2.05) is 0 Å². The summed E-state index contributed by atoms with van der Waals surface area (Å²) in [5, 5.41) is 3.44. The predicted molar refractivity (Wildman–Crippen MR) is 89.8 cm³/mol. The van der Waals surface area contributed by atoms with Crippen molar-refractivity contribution in [3.8, 4) is 0 Å². The molecule has 21 heavy (non-hydrogen) atoms. The summed E-state index contributed by atoms with van der Waals surface area (Å²) >= 11 is 3.46. The quantitative estimate of drug-likeness (QED) is 0.736. The van der Waals surface area contributed by atoms with Gasteiger partial charge in [0, 0.05) is 17.1 Å². The fourth-order valence-corrected chi connectivity index (χ4v) is 2.71. The van der Waals surface area contributed by atoms with Gasteiger partial charge in [0.1, 0.15) is 5.82 Å². The van der Waals surface area contributed by atoms with Gasteiger partial charge in [-0.2, -0.15) is 0 Å². The Balaban J connectivity index is 1.97. The molecule has 2 rings (SSSR count). The molecule has 0 saturated heterocycles. The third-order valence-electron chi connectivity index (χ3n) is 3.62. The standard InChI is InChI=1S/C18H21BrFN/c1-3-4-14-5-7-15(8-6-14)13(2)21-12-16-11-17(20)9-10-18(16)19/h5-11,13,21H,3-4,12H2,1-2H3. The van der Waals surface area contributed by atoms with Gasteiger partial charge in [-0.1, -0.05) is 53.5 Å². The minimum absolute atomic E-state index is 0.202. The van der Waals surface area contributed by atoms with Crippen LogP contribution in [-0.2, 0) is 13.0 Å². The van der Waals surface area contributed by atoms with Crippen LogP contribution in [0.5, 0.6) is 0 Å². The van der Waals surface area contributed by atoms with E-state index < -0.39 is 0 Å². The lowest BCUT2D eigenvalue weighted by molar-refractivity contribution is 0.568. The van der Waals surface area contributed by atoms with Crippen LogP contribution in [0.2, 0.25) is 0 Å². The van der Waals surface area contributed by atoms with Gasteiger partial charge < -0.3 is 5.32 Å². The Labute approximate surface area is 134 Å². The number of aryl methyl sites for hydroxylation is 1. The van der Waals surface area contributed by atoms with Crippen LogP contribution in [0.25, 0.3) is 0 Å². The Kier molecular flexibility index (Phi) is 5.95. The molecule has 0 spiro atoms. The number of nitrogens with one attached hydrogen (secondary N) is 1. The lowest BCUT2D eigenvalue weighted by Gasteiger charge is -2.15. The van der Waals surface area contributed by atoms with E-state index in [0.717, 1.165) is 16.5 Å². The largest absolute Gasteiger partial charge is 0.306 e. The van der Waals surface area contributed by atoms with Crippen LogP contribution in [0.3, 0.4) is 0 Å². The zero-order valence-electron chi connectivity index (χ0n) is 12.5. The van der Waals surface area contributed by atoms with Crippen LogP contribution in [0.1, 0.15) is 43.0 Å². The Hall–Kier alpha value is -1.19. The first kappa shape index (κ1) is 16.2. The highest BCUT2D eigenvalue weighted by Gasteiger charge is 2.07. The van der Waals surface area contributed by atoms with Crippen molar-refractivity contribution in [1.82, 2.24) is 5.32 Å². The molecule has 1 atom stereocenters. The summed E-state index contributed by atoms with van der Waals surface area (Å²) in [6.45, 7) is 4.95. The van der Waals surface area contributed by atoms with E-state index in [9.17, 15) is 4.39 Å². The van der Waals surface area contributed by atoms with E-state index in [2.05, 4.69) is 59.4 Å². The number of hydrogen-bond donors (Lipinski definition) is 1. The van der Waals surface area contributed by atoms with E-state index in [1.165, 1.54) is 23.6 Å². The molecule has 0 radical (unpaired) electrons. The summed E-state index contributed by atoms with van der Waals surface area (Å²) in [6, 6.07) is 13.7. The molecule has 0 aliphatic rings. The Morgan fingerprint density at radius 2 is 1.86 bits per heavy atom. The van der Waals surface area contributed by atoms with Gasteiger partial charge in [0.15, 0.2) is 0 Å². The highest BCUT2D eigenvalue weighted by Crippen LogP contribution is 2.20. The molecule has 1 N–H and O–H groups in total. The second-order valence-corrected chi connectivity index (χ2v) is 6.18. The van der Waals surface area contributed by atoms with Crippen molar-refractivity contribution in [1.29, 1.82) is 0 Å². The maximum Gasteiger partial charge on any atom is 0.123 e. The first-order valence-electron chi connectivity index (χ1n) is 7.36. The van der Waals surface area contributed by atoms with Crippen molar-refractivity contribution < 1.29 is 4.39 Å². The number of halogens is 2. The van der Waals surface area contributed by atoms with Gasteiger partial charge in [-0.15, -0.1) is 0 Å². The monoisotopic (exact) mass is 349 g/mol. The van der Waals surface area contributed by atoms with E-state index in [0.29, 0.717) is 6.54 Å². The smallest absolute Gasteiger partial charge is 0.123 e. The molecule has 2 aromatic carbocycles. The fraction of sp³-hybridized carbons (Fsp3) is 0.333. The molecule has 112 valence electrons. The highest BCUT2D eigenvalue weighted by atomic mass is 79.9. The number of hydrogen-bond acceptors (Lipinski definition) is 1. The Bertz CT molecular complexity index is 580. The molecule has 1 nitrogen and oxygen atoms in total. The molecule has 0 amide bonds. The minimum Gasteiger partial charge on any atom is -0.306 e. The minimum atomic E-state index is -0.202. The van der Waals surface area contributed by atoms with Crippen LogP contribution in [-0.4, -0.2) is 0 Å². The van der Waals surface area contributed by atoms with Gasteiger partial charge in [-0.25, -0.2) is 4.39 Å². The fourth-order valence-electron chi connectivity index (χ4n) is 2.32. The summed E-state index contributed by atoms with van der Waals surface area (Å²) in [4.78, 5) is 0. The second kappa shape index (κ2) is 7.71. The average Bonchev–Trinajstić information content (AvgIpc) is 2.49. The average molecular weight is 350 g/mol. The van der Waals surface area contributed by atoms with E-state index in [4.69, 9.17) is 0 Å². The normalized spacial score (nSPS) is 12.4. The molecule has 1 unspecified atom stereocenters. The van der Waals surface area contributed by atoms with Crippen molar-refractivity contribution in [3.63, 3.8) is 0 Å². The van der Waals surface area contributed by atoms with Gasteiger partial charge in [-0.3, -0.25) is 0 Å². The van der Waals surface area contributed by atoms with Gasteiger partial charge in [-0.05, 0) is 48.2 Å². The van der Waals surface area contributed by atoms with E-state index in [1.54, 1.807) is 12.1 Å². The topological polar surface area (TPSA) is 12.0 Å². The molecule has 0 fully saturated rings. The van der Waals surface area contributed by atoms with Crippen molar-refractivity contribution in [2.24, 2.45) is 0 Å². The molecule has 0 heterocycles. The molecule has 2 aromatic rings. The lowest BCUT2D eigenvalue weighted by Crippen LogP contribution is -2.18. The van der Waals surface area contributed by atoms with Crippen molar-refractivity contribution >= 4 is 15.9 Å². The zero-order chi connectivity index (χ0) is 15.2. The van der Waals surface area contributed by atoms with Crippen LogP contribution in [0.4, 0.5) is 4.39 Å². The number of benzene rings is 2. The third-order valence-corrected chi connectivity index (χ3v) is 4.40. The second-order valence-electron chi connectivity index (χ2n) is 5.33. The van der Waals surface area contributed by atoms with E-state index >= 15 is 0 Å². The summed E-state index contributed by atoms with van der Waals surface area (Å²) in [7, 11) is 0. The maximum absolute atomic E-state index is 13.3. The first-order valence-corrected chi connectivity index (χ1v) is 8.15. The molecular formula is C18H21BrFN. The van der Waals surface area contributed by atoms with Gasteiger partial charge in [0.05, 0.1) is 0 Å². The molecule has 0 aliphatic carbocycles. The van der Waals surface area contributed by atoms with Crippen LogP contribution in [0, 0.1) is 5.82 Å². The summed E-state index contributed by atoms with van der Waals surface area (Å²) in [5.41, 5.74) is 3.56. The SMILES string of the molecule is CCCc1ccc(C(C)NCc2cc(F)ccc2Br)cc1. The highest BCUT2D eigenvalue weighted by molar-refractivity contribution is 9.10. The van der Waals surface area contributed by atoms with Crippen LogP contribution >= 0.6 is 15.9 Å². The van der Waals surface area contributed by atoms with Gasteiger partial charge >= 0.3 is 0 Å². The van der Waals surface area contributed by atoms with Crippen molar-refractivity contribution in [2.75, 3.05) is 0 Å². The Morgan fingerprint density at radius 1 is 1.14 bits per heavy atom. The van der Waals surface area contributed by atoms with E-state index in [-0.39, 0.29) is 11.9 Å². The Morgan fingerprint density at radius 3 is 2.52 bits per heavy atom. The van der Waals surface area contributed by atoms with Crippen LogP contribution < -0.4 is 5.32 Å². The summed E-state index contributed by atoms with van der Waals surface area (Å²) in [5.74, 6) is -0.202. The lowest BCUT2D eigenvalue weighted by atomic mass is 10.0. The van der Waals surface area contributed by atoms with Gasteiger partial charge in [0.2, 0.25) is 0 Å². The maximum atomic E-state index is 13.3. The molecule has 3 heteroatoms. The third kappa shape index (κ3) is 4.65. The molecular weight excluding hydrogens is 329 g/mol. The molecule has 0 bridgehead atoms. The zero-order valence-corrected chi connectivity index (χ0v) is 14.1. The molecule has 0 aromatic heterocycles. The summed E-state index contributed by atoms with van der Waals surface area (Å²) in [6.07, 6.45) is 2.29. The van der Waals surface area contributed by atoms with Crippen LogP contribution in [0.15, 0.2) is 46.9 Å². The van der Waals surface area contributed by atoms with Gasteiger partial charge in [0.25, 0.3) is 0 Å². The molecule has 0 aliphatic heterocycles. The molecule has 0 saturated carbocycles. The van der Waals surface area contributed by atoms with Crippen molar-refractivity contribution in [2.45, 2.75) is 39.3 Å². The number of rotatable bonds is 6. The predicted octanol–water partition coefficient (Wildman–Crippen LogP) is 5.39. The summed E-state index contributed by atoms with van der Waals surface area (Å²) < 4.78 is 14.2.